The number of anilines is 1. The summed E-state index contributed by atoms with van der Waals surface area (Å²) >= 11 is 7.42. The molecule has 0 atom stereocenters. The first-order valence-corrected chi connectivity index (χ1v) is 9.91. The van der Waals surface area contributed by atoms with Crippen LogP contribution in [0.5, 0.6) is 0 Å². The molecule has 0 aliphatic heterocycles. The first-order valence-electron chi connectivity index (χ1n) is 8.42. The van der Waals surface area contributed by atoms with E-state index in [9.17, 15) is 4.79 Å². The van der Waals surface area contributed by atoms with Crippen LogP contribution in [0.1, 0.15) is 10.4 Å². The lowest BCUT2D eigenvalue weighted by atomic mass is 10.2. The molecule has 2 N–H and O–H groups in total. The van der Waals surface area contributed by atoms with Crippen molar-refractivity contribution in [3.8, 4) is 11.5 Å². The Kier molecular flexibility index (Phi) is 5.36. The summed E-state index contributed by atoms with van der Waals surface area (Å²) in [5.74, 6) is 0.298. The zero-order valence-corrected chi connectivity index (χ0v) is 17.5. The van der Waals surface area contributed by atoms with Crippen molar-refractivity contribution in [2.24, 2.45) is 0 Å². The van der Waals surface area contributed by atoms with Gasteiger partial charge in [-0.05, 0) is 83.3 Å². The van der Waals surface area contributed by atoms with Crippen molar-refractivity contribution in [3.63, 3.8) is 0 Å². The minimum atomic E-state index is -0.259. The maximum atomic E-state index is 12.3. The Bertz CT molecular complexity index is 1170. The monoisotopic (exact) mass is 499 g/mol. The fraction of sp³-hybridized carbons (Fsp3) is 0. The summed E-state index contributed by atoms with van der Waals surface area (Å²) in [6.07, 6.45) is 0. The zero-order chi connectivity index (χ0) is 19.5. The van der Waals surface area contributed by atoms with Gasteiger partial charge in [0.2, 0.25) is 5.89 Å². The molecule has 4 rings (SSSR count). The van der Waals surface area contributed by atoms with Gasteiger partial charge in [-0.15, -0.1) is 0 Å². The van der Waals surface area contributed by atoms with Crippen molar-refractivity contribution in [1.29, 1.82) is 0 Å². The Hall–Kier alpha value is -2.78. The van der Waals surface area contributed by atoms with Crippen molar-refractivity contribution in [2.75, 3.05) is 5.32 Å². The summed E-state index contributed by atoms with van der Waals surface area (Å²) in [6, 6.07) is 22.5. The summed E-state index contributed by atoms with van der Waals surface area (Å²) in [5.41, 5.74) is 3.56. The molecule has 28 heavy (non-hydrogen) atoms. The highest BCUT2D eigenvalue weighted by atomic mass is 127. The first-order chi connectivity index (χ1) is 13.6. The van der Waals surface area contributed by atoms with Crippen LogP contribution in [0, 0.1) is 3.57 Å². The quantitative estimate of drug-likeness (QED) is 0.299. The Balaban J connectivity index is 1.48. The van der Waals surface area contributed by atoms with Crippen LogP contribution in [-0.4, -0.2) is 16.0 Å². The second kappa shape index (κ2) is 8.07. The van der Waals surface area contributed by atoms with Gasteiger partial charge >= 0.3 is 0 Å². The number of hydrogen-bond donors (Lipinski definition) is 2. The first kappa shape index (κ1) is 18.6. The normalized spacial score (nSPS) is 10.6. The van der Waals surface area contributed by atoms with Crippen LogP contribution in [-0.2, 0) is 0 Å². The number of thiocarbonyl (C=S) groups is 1. The van der Waals surface area contributed by atoms with E-state index in [0.717, 1.165) is 9.13 Å². The third kappa shape index (κ3) is 4.20. The average Bonchev–Trinajstić information content (AvgIpc) is 3.12. The highest BCUT2D eigenvalue weighted by molar-refractivity contribution is 14.1. The number of rotatable bonds is 3. The molecule has 1 heterocycles. The number of carbonyl (C=O) groups excluding carboxylic acids is 1. The lowest BCUT2D eigenvalue weighted by Gasteiger charge is -2.09. The van der Waals surface area contributed by atoms with Gasteiger partial charge in [0.05, 0.1) is 0 Å². The largest absolute Gasteiger partial charge is 0.436 e. The van der Waals surface area contributed by atoms with Gasteiger partial charge in [0.25, 0.3) is 5.91 Å². The van der Waals surface area contributed by atoms with Crippen molar-refractivity contribution in [2.45, 2.75) is 0 Å². The van der Waals surface area contributed by atoms with Gasteiger partial charge in [0, 0.05) is 20.4 Å². The van der Waals surface area contributed by atoms with Crippen molar-refractivity contribution in [1.82, 2.24) is 10.3 Å². The van der Waals surface area contributed by atoms with E-state index in [1.54, 1.807) is 12.1 Å². The second-order valence-electron chi connectivity index (χ2n) is 5.99. The van der Waals surface area contributed by atoms with Crippen LogP contribution in [0.15, 0.2) is 77.2 Å². The number of amides is 1. The molecule has 0 aliphatic rings. The predicted molar refractivity (Wildman–Crippen MR) is 122 cm³/mol. The van der Waals surface area contributed by atoms with E-state index < -0.39 is 0 Å². The second-order valence-corrected chi connectivity index (χ2v) is 7.64. The molecule has 1 aromatic heterocycles. The molecule has 0 aliphatic carbocycles. The topological polar surface area (TPSA) is 67.2 Å². The summed E-state index contributed by atoms with van der Waals surface area (Å²) in [7, 11) is 0. The molecule has 0 saturated heterocycles. The number of aromatic nitrogens is 1. The molecule has 0 saturated carbocycles. The van der Waals surface area contributed by atoms with Crippen LogP contribution < -0.4 is 10.6 Å². The molecule has 3 aromatic carbocycles. The van der Waals surface area contributed by atoms with E-state index >= 15 is 0 Å². The Labute approximate surface area is 180 Å². The molecule has 0 fully saturated rings. The molecular weight excluding hydrogens is 485 g/mol. The number of nitrogens with one attached hydrogen (secondary N) is 2. The van der Waals surface area contributed by atoms with Gasteiger partial charge in [0.15, 0.2) is 10.7 Å². The number of oxazole rings is 1. The standard InChI is InChI=1S/C21H14IN3O2S/c22-15-8-4-7-14(11-15)19(26)25-21(28)23-16-9-10-18-17(12-16)24-20(27-18)13-5-2-1-3-6-13/h1-12H,(H2,23,25,26,28). The minimum absolute atomic E-state index is 0.218. The zero-order valence-electron chi connectivity index (χ0n) is 14.5. The molecule has 7 heteroatoms. The van der Waals surface area contributed by atoms with Crippen molar-refractivity contribution >= 4 is 62.6 Å². The van der Waals surface area contributed by atoms with Gasteiger partial charge in [-0.2, -0.15) is 0 Å². The fourth-order valence-electron chi connectivity index (χ4n) is 2.68. The number of halogens is 1. The number of fused-ring (bicyclic) bond motifs is 1. The van der Waals surface area contributed by atoms with E-state index in [4.69, 9.17) is 16.6 Å². The van der Waals surface area contributed by atoms with E-state index in [2.05, 4.69) is 38.2 Å². The van der Waals surface area contributed by atoms with Gasteiger partial charge in [-0.1, -0.05) is 24.3 Å². The summed E-state index contributed by atoms with van der Waals surface area (Å²) in [6.45, 7) is 0. The molecule has 0 spiro atoms. The minimum Gasteiger partial charge on any atom is -0.436 e. The Morgan fingerprint density at radius 2 is 1.82 bits per heavy atom. The summed E-state index contributed by atoms with van der Waals surface area (Å²) in [4.78, 5) is 16.8. The third-order valence-corrected chi connectivity index (χ3v) is 4.86. The molecular formula is C21H14IN3O2S. The predicted octanol–water partition coefficient (Wildman–Crippen LogP) is 5.23. The SMILES string of the molecule is O=C(NC(=S)Nc1ccc2oc(-c3ccccc3)nc2c1)c1cccc(I)c1. The maximum absolute atomic E-state index is 12.3. The molecule has 5 nitrogen and oxygen atoms in total. The smallest absolute Gasteiger partial charge is 0.257 e. The molecule has 0 radical (unpaired) electrons. The Morgan fingerprint density at radius 1 is 1.00 bits per heavy atom. The number of hydrogen-bond acceptors (Lipinski definition) is 4. The van der Waals surface area contributed by atoms with Crippen LogP contribution in [0.25, 0.3) is 22.6 Å². The van der Waals surface area contributed by atoms with Crippen LogP contribution in [0.3, 0.4) is 0 Å². The van der Waals surface area contributed by atoms with E-state index in [1.165, 1.54) is 0 Å². The van der Waals surface area contributed by atoms with Crippen molar-refractivity contribution < 1.29 is 9.21 Å². The highest BCUT2D eigenvalue weighted by Gasteiger charge is 2.11. The van der Waals surface area contributed by atoms with Crippen LogP contribution >= 0.6 is 34.8 Å². The lowest BCUT2D eigenvalue weighted by Crippen LogP contribution is -2.34. The molecule has 0 unspecified atom stereocenters. The van der Waals surface area contributed by atoms with E-state index in [-0.39, 0.29) is 11.0 Å². The van der Waals surface area contributed by atoms with Gasteiger partial charge in [-0.25, -0.2) is 4.98 Å². The molecule has 4 aromatic rings. The molecule has 138 valence electrons. The molecule has 1 amide bonds. The van der Waals surface area contributed by atoms with Gasteiger partial charge in [0.1, 0.15) is 5.52 Å². The number of nitrogens with zero attached hydrogens (tertiary/aromatic N) is 1. The number of carbonyl (C=O) groups is 1. The van der Waals surface area contributed by atoms with Crippen LogP contribution in [0.2, 0.25) is 0 Å². The van der Waals surface area contributed by atoms with Gasteiger partial charge in [-0.3, -0.25) is 10.1 Å². The third-order valence-electron chi connectivity index (χ3n) is 3.98. The summed E-state index contributed by atoms with van der Waals surface area (Å²) in [5, 5.41) is 5.92. The lowest BCUT2D eigenvalue weighted by molar-refractivity contribution is 0.0977. The summed E-state index contributed by atoms with van der Waals surface area (Å²) < 4.78 is 6.79. The molecule has 0 bridgehead atoms. The fourth-order valence-corrected chi connectivity index (χ4v) is 3.43. The highest BCUT2D eigenvalue weighted by Crippen LogP contribution is 2.26. The maximum Gasteiger partial charge on any atom is 0.257 e. The van der Waals surface area contributed by atoms with E-state index in [1.807, 2.05) is 60.7 Å². The van der Waals surface area contributed by atoms with E-state index in [0.29, 0.717) is 28.2 Å². The Morgan fingerprint density at radius 3 is 2.61 bits per heavy atom. The van der Waals surface area contributed by atoms with Crippen LogP contribution in [0.4, 0.5) is 5.69 Å². The van der Waals surface area contributed by atoms with Gasteiger partial charge < -0.3 is 9.73 Å². The number of benzene rings is 3. The average molecular weight is 499 g/mol. The van der Waals surface area contributed by atoms with Crippen molar-refractivity contribution in [3.05, 3.63) is 81.9 Å².